The van der Waals surface area contributed by atoms with E-state index in [1.807, 2.05) is 0 Å². The number of aromatic nitrogens is 1. The van der Waals surface area contributed by atoms with Crippen LogP contribution in [0.5, 0.6) is 0 Å². The van der Waals surface area contributed by atoms with Crippen molar-refractivity contribution in [1.29, 1.82) is 0 Å². The summed E-state index contributed by atoms with van der Waals surface area (Å²) in [7, 11) is 0. The molecule has 1 aliphatic rings. The first-order valence-electron chi connectivity index (χ1n) is 5.31. The highest BCUT2D eigenvalue weighted by atomic mass is 32.1. The number of hydrogen-bond donors (Lipinski definition) is 0. The maximum Gasteiger partial charge on any atom is 0.186 e. The number of thiazole rings is 1. The molecule has 1 fully saturated rings. The molecule has 82 valence electrons. The molecule has 0 aromatic carbocycles. The average molecular weight is 224 g/mol. The minimum Gasteiger partial charge on any atom is -0.345 e. The van der Waals surface area contributed by atoms with Gasteiger partial charge in [0, 0.05) is 12.6 Å². The van der Waals surface area contributed by atoms with Crippen LogP contribution in [-0.2, 0) is 0 Å². The van der Waals surface area contributed by atoms with E-state index in [9.17, 15) is 4.79 Å². The molecule has 0 radical (unpaired) electrons. The summed E-state index contributed by atoms with van der Waals surface area (Å²) in [6, 6.07) is 0.519. The molecule has 0 N–H and O–H groups in total. The molecule has 3 atom stereocenters. The summed E-state index contributed by atoms with van der Waals surface area (Å²) in [5.74, 6) is 1.39. The van der Waals surface area contributed by atoms with Gasteiger partial charge in [-0.2, -0.15) is 0 Å². The normalized spacial score (nSPS) is 30.9. The van der Waals surface area contributed by atoms with Gasteiger partial charge in [0.2, 0.25) is 0 Å². The van der Waals surface area contributed by atoms with E-state index in [0.29, 0.717) is 22.8 Å². The zero-order valence-electron chi connectivity index (χ0n) is 9.30. The molecule has 3 unspecified atom stereocenters. The fourth-order valence-electron chi connectivity index (χ4n) is 2.12. The Labute approximate surface area is 94.1 Å². The van der Waals surface area contributed by atoms with Crippen molar-refractivity contribution in [3.05, 3.63) is 11.1 Å². The quantitative estimate of drug-likeness (QED) is 0.723. The van der Waals surface area contributed by atoms with Crippen LogP contribution in [0.2, 0.25) is 0 Å². The molecule has 0 amide bonds. The van der Waals surface area contributed by atoms with Crippen LogP contribution in [0.25, 0.3) is 0 Å². The molecular weight excluding hydrogens is 208 g/mol. The summed E-state index contributed by atoms with van der Waals surface area (Å²) >= 11 is 1.48. The molecule has 2 heterocycles. The van der Waals surface area contributed by atoms with Crippen LogP contribution in [0.3, 0.4) is 0 Å². The summed E-state index contributed by atoms with van der Waals surface area (Å²) in [5, 5.41) is 0.987. The van der Waals surface area contributed by atoms with Gasteiger partial charge in [-0.05, 0) is 18.8 Å². The van der Waals surface area contributed by atoms with E-state index in [4.69, 9.17) is 0 Å². The monoisotopic (exact) mass is 224 g/mol. The maximum atomic E-state index is 10.6. The van der Waals surface area contributed by atoms with Gasteiger partial charge >= 0.3 is 0 Å². The second-order valence-electron chi connectivity index (χ2n) is 4.39. The molecule has 0 bridgehead atoms. The third kappa shape index (κ3) is 1.78. The summed E-state index contributed by atoms with van der Waals surface area (Å²) in [5.41, 5.74) is 0. The number of rotatable bonds is 2. The lowest BCUT2D eigenvalue weighted by atomic mass is 9.95. The second-order valence-corrected chi connectivity index (χ2v) is 5.43. The van der Waals surface area contributed by atoms with Crippen molar-refractivity contribution >= 4 is 22.8 Å². The SMILES string of the molecule is CC1CN(c2ncc(C=O)s2)C(C)C1C. The Kier molecular flexibility index (Phi) is 2.78. The van der Waals surface area contributed by atoms with Crippen LogP contribution >= 0.6 is 11.3 Å². The van der Waals surface area contributed by atoms with E-state index in [1.165, 1.54) is 11.3 Å². The second kappa shape index (κ2) is 3.93. The van der Waals surface area contributed by atoms with Crippen molar-refractivity contribution in [2.75, 3.05) is 11.4 Å². The Morgan fingerprint density at radius 3 is 2.73 bits per heavy atom. The molecule has 1 saturated heterocycles. The molecule has 0 spiro atoms. The first-order chi connectivity index (χ1) is 7.13. The summed E-state index contributed by atoms with van der Waals surface area (Å²) in [6.45, 7) is 7.84. The van der Waals surface area contributed by atoms with Crippen molar-refractivity contribution in [2.45, 2.75) is 26.8 Å². The number of nitrogens with zero attached hydrogens (tertiary/aromatic N) is 2. The highest BCUT2D eigenvalue weighted by Gasteiger charge is 2.34. The van der Waals surface area contributed by atoms with Gasteiger partial charge in [0.25, 0.3) is 0 Å². The van der Waals surface area contributed by atoms with E-state index in [2.05, 4.69) is 30.7 Å². The lowest BCUT2D eigenvalue weighted by Crippen LogP contribution is -2.28. The lowest BCUT2D eigenvalue weighted by Gasteiger charge is -2.22. The number of carbonyl (C=O) groups is 1. The van der Waals surface area contributed by atoms with Crippen molar-refractivity contribution in [3.63, 3.8) is 0 Å². The molecule has 1 aliphatic heterocycles. The highest BCUT2D eigenvalue weighted by Crippen LogP contribution is 2.34. The van der Waals surface area contributed by atoms with Crippen molar-refractivity contribution in [3.8, 4) is 0 Å². The fraction of sp³-hybridized carbons (Fsp3) is 0.636. The van der Waals surface area contributed by atoms with Crippen LogP contribution in [0.4, 0.5) is 5.13 Å². The first kappa shape index (κ1) is 10.6. The zero-order valence-corrected chi connectivity index (χ0v) is 10.1. The van der Waals surface area contributed by atoms with E-state index < -0.39 is 0 Å². The number of carbonyl (C=O) groups excluding carboxylic acids is 1. The molecule has 1 aromatic rings. The predicted octanol–water partition coefficient (Wildman–Crippen LogP) is 2.44. The largest absolute Gasteiger partial charge is 0.345 e. The van der Waals surface area contributed by atoms with Gasteiger partial charge in [0.15, 0.2) is 11.4 Å². The lowest BCUT2D eigenvalue weighted by molar-refractivity contribution is 0.112. The van der Waals surface area contributed by atoms with Gasteiger partial charge in [-0.3, -0.25) is 4.79 Å². The molecule has 15 heavy (non-hydrogen) atoms. The van der Waals surface area contributed by atoms with Crippen molar-refractivity contribution in [2.24, 2.45) is 11.8 Å². The zero-order chi connectivity index (χ0) is 11.0. The molecular formula is C11H16N2OS. The van der Waals surface area contributed by atoms with Gasteiger partial charge < -0.3 is 4.90 Å². The van der Waals surface area contributed by atoms with Crippen molar-refractivity contribution in [1.82, 2.24) is 4.98 Å². The van der Waals surface area contributed by atoms with Crippen molar-refractivity contribution < 1.29 is 4.79 Å². The molecule has 2 rings (SSSR count). The smallest absolute Gasteiger partial charge is 0.186 e. The van der Waals surface area contributed by atoms with Crippen LogP contribution in [0.1, 0.15) is 30.4 Å². The van der Waals surface area contributed by atoms with Gasteiger partial charge in [-0.25, -0.2) is 4.98 Å². The predicted molar refractivity (Wildman–Crippen MR) is 62.6 cm³/mol. The molecule has 4 heteroatoms. The minimum absolute atomic E-state index is 0.519. The van der Waals surface area contributed by atoms with E-state index in [0.717, 1.165) is 18.0 Å². The minimum atomic E-state index is 0.519. The number of hydrogen-bond acceptors (Lipinski definition) is 4. The summed E-state index contributed by atoms with van der Waals surface area (Å²) < 4.78 is 0. The topological polar surface area (TPSA) is 33.2 Å². The third-order valence-corrected chi connectivity index (χ3v) is 4.47. The molecule has 0 aliphatic carbocycles. The Morgan fingerprint density at radius 2 is 2.27 bits per heavy atom. The fourth-order valence-corrected chi connectivity index (χ4v) is 2.95. The Bertz CT molecular complexity index is 363. The Balaban J connectivity index is 2.21. The van der Waals surface area contributed by atoms with Gasteiger partial charge in [0.1, 0.15) is 0 Å². The van der Waals surface area contributed by atoms with E-state index in [-0.39, 0.29) is 0 Å². The summed E-state index contributed by atoms with van der Waals surface area (Å²) in [4.78, 5) is 17.9. The third-order valence-electron chi connectivity index (χ3n) is 3.51. The number of anilines is 1. The molecule has 3 nitrogen and oxygen atoms in total. The standard InChI is InChI=1S/C11H16N2OS/c1-7-5-13(9(3)8(7)2)11-12-4-10(6-14)15-11/h4,6-9H,5H2,1-3H3. The van der Waals surface area contributed by atoms with E-state index in [1.54, 1.807) is 6.20 Å². The van der Waals surface area contributed by atoms with E-state index >= 15 is 0 Å². The molecule has 1 aromatic heterocycles. The highest BCUT2D eigenvalue weighted by molar-refractivity contribution is 7.17. The van der Waals surface area contributed by atoms with Gasteiger partial charge in [-0.15, -0.1) is 0 Å². The van der Waals surface area contributed by atoms with Crippen LogP contribution in [-0.4, -0.2) is 23.9 Å². The van der Waals surface area contributed by atoms with Crippen LogP contribution in [0, 0.1) is 11.8 Å². The van der Waals surface area contributed by atoms with Crippen LogP contribution < -0.4 is 4.90 Å². The molecule has 0 saturated carbocycles. The van der Waals surface area contributed by atoms with Crippen LogP contribution in [0.15, 0.2) is 6.20 Å². The van der Waals surface area contributed by atoms with Gasteiger partial charge in [-0.1, -0.05) is 25.2 Å². The Morgan fingerprint density at radius 1 is 1.53 bits per heavy atom. The van der Waals surface area contributed by atoms with Gasteiger partial charge in [0.05, 0.1) is 11.1 Å². The number of aldehydes is 1. The summed E-state index contributed by atoms with van der Waals surface area (Å²) in [6.07, 6.45) is 2.53. The maximum absolute atomic E-state index is 10.6. The first-order valence-corrected chi connectivity index (χ1v) is 6.12. The average Bonchev–Trinajstić information content (AvgIpc) is 2.79. The Hall–Kier alpha value is -0.900.